The quantitative estimate of drug-likeness (QED) is 0.849. The van der Waals surface area contributed by atoms with Gasteiger partial charge in [-0.3, -0.25) is 0 Å². The summed E-state index contributed by atoms with van der Waals surface area (Å²) >= 11 is 5.05. The van der Waals surface area contributed by atoms with Gasteiger partial charge in [0.2, 0.25) is 0 Å². The van der Waals surface area contributed by atoms with Crippen LogP contribution < -0.4 is 5.32 Å². The summed E-state index contributed by atoms with van der Waals surface area (Å²) in [4.78, 5) is 4.31. The Morgan fingerprint density at radius 3 is 2.81 bits per heavy atom. The first-order valence-corrected chi connectivity index (χ1v) is 7.07. The fourth-order valence-electron chi connectivity index (χ4n) is 1.25. The third-order valence-electron chi connectivity index (χ3n) is 2.94. The third-order valence-corrected chi connectivity index (χ3v) is 4.59. The van der Waals surface area contributed by atoms with Crippen LogP contribution in [0.1, 0.15) is 38.2 Å². The van der Waals surface area contributed by atoms with Crippen LogP contribution in [0.5, 0.6) is 0 Å². The lowest BCUT2D eigenvalue weighted by atomic mass is 9.88. The van der Waals surface area contributed by atoms with Crippen LogP contribution in [0.2, 0.25) is 0 Å². The normalized spacial score (nSPS) is 17.1. The van der Waals surface area contributed by atoms with Crippen molar-refractivity contribution in [1.82, 2.24) is 10.3 Å². The Balaban J connectivity index is 2.49. The highest BCUT2D eigenvalue weighted by atomic mass is 79.9. The zero-order valence-corrected chi connectivity index (χ0v) is 12.4. The molecule has 0 aliphatic rings. The molecule has 0 aliphatic carbocycles. The van der Waals surface area contributed by atoms with Crippen LogP contribution in [-0.2, 0) is 0 Å². The van der Waals surface area contributed by atoms with Crippen molar-refractivity contribution in [3.63, 3.8) is 0 Å². The van der Waals surface area contributed by atoms with Gasteiger partial charge in [-0.25, -0.2) is 4.98 Å². The highest BCUT2D eigenvalue weighted by Crippen LogP contribution is 2.25. The van der Waals surface area contributed by atoms with Crippen LogP contribution >= 0.6 is 27.3 Å². The van der Waals surface area contributed by atoms with Gasteiger partial charge in [-0.15, -0.1) is 11.3 Å². The predicted molar refractivity (Wildman–Crippen MR) is 71.7 cm³/mol. The Kier molecular flexibility index (Phi) is 5.37. The van der Waals surface area contributed by atoms with Gasteiger partial charge in [0.25, 0.3) is 0 Å². The average Bonchev–Trinajstić information content (AvgIpc) is 2.72. The highest BCUT2D eigenvalue weighted by molar-refractivity contribution is 9.11. The van der Waals surface area contributed by atoms with E-state index in [0.717, 1.165) is 21.8 Å². The molecular weight excluding hydrogens is 288 g/mol. The minimum Gasteiger partial charge on any atom is -0.396 e. The van der Waals surface area contributed by atoms with Crippen LogP contribution in [0.4, 0.5) is 0 Å². The molecule has 1 rings (SSSR count). The van der Waals surface area contributed by atoms with E-state index in [-0.39, 0.29) is 18.1 Å². The number of halogens is 1. The lowest BCUT2D eigenvalue weighted by molar-refractivity contribution is 0.132. The SMILES string of the molecule is CCC(C)(CO)CNC(C)c1ncc(Br)s1. The smallest absolute Gasteiger partial charge is 0.110 e. The summed E-state index contributed by atoms with van der Waals surface area (Å²) in [6.45, 7) is 7.30. The molecular formula is C11H19BrN2OS. The van der Waals surface area contributed by atoms with Crippen LogP contribution in [0.15, 0.2) is 9.98 Å². The molecule has 0 aliphatic heterocycles. The zero-order chi connectivity index (χ0) is 12.2. The first-order valence-electron chi connectivity index (χ1n) is 5.46. The zero-order valence-electron chi connectivity index (χ0n) is 9.96. The number of nitrogens with zero attached hydrogens (tertiary/aromatic N) is 1. The van der Waals surface area contributed by atoms with E-state index >= 15 is 0 Å². The Hall–Kier alpha value is 0.0300. The van der Waals surface area contributed by atoms with E-state index in [4.69, 9.17) is 0 Å². The van der Waals surface area contributed by atoms with Gasteiger partial charge in [0.1, 0.15) is 5.01 Å². The molecule has 92 valence electrons. The van der Waals surface area contributed by atoms with Crippen molar-refractivity contribution in [2.75, 3.05) is 13.2 Å². The minimum atomic E-state index is -0.0389. The molecule has 2 N–H and O–H groups in total. The van der Waals surface area contributed by atoms with Gasteiger partial charge in [0.15, 0.2) is 0 Å². The molecule has 0 aromatic carbocycles. The number of aliphatic hydroxyl groups excluding tert-OH is 1. The Bertz CT molecular complexity index is 326. The van der Waals surface area contributed by atoms with E-state index in [9.17, 15) is 5.11 Å². The molecule has 2 atom stereocenters. The Labute approximate surface area is 109 Å². The largest absolute Gasteiger partial charge is 0.396 e. The molecule has 1 aromatic rings. The molecule has 3 nitrogen and oxygen atoms in total. The van der Waals surface area contributed by atoms with E-state index in [0.29, 0.717) is 0 Å². The maximum atomic E-state index is 9.31. The van der Waals surface area contributed by atoms with Gasteiger partial charge in [0.05, 0.1) is 16.0 Å². The van der Waals surface area contributed by atoms with Gasteiger partial charge >= 0.3 is 0 Å². The fraction of sp³-hybridized carbons (Fsp3) is 0.727. The number of hydrogen-bond acceptors (Lipinski definition) is 4. The molecule has 0 saturated carbocycles. The average molecular weight is 307 g/mol. The summed E-state index contributed by atoms with van der Waals surface area (Å²) in [6, 6.07) is 0.230. The van der Waals surface area contributed by atoms with Crippen molar-refractivity contribution in [3.8, 4) is 0 Å². The molecule has 0 bridgehead atoms. The number of aliphatic hydroxyl groups is 1. The molecule has 0 amide bonds. The Morgan fingerprint density at radius 2 is 2.38 bits per heavy atom. The first-order chi connectivity index (χ1) is 7.50. The van der Waals surface area contributed by atoms with Crippen molar-refractivity contribution in [1.29, 1.82) is 0 Å². The molecule has 0 spiro atoms. The van der Waals surface area contributed by atoms with E-state index in [1.54, 1.807) is 11.3 Å². The molecule has 0 fully saturated rings. The molecule has 2 unspecified atom stereocenters. The van der Waals surface area contributed by atoms with Crippen LogP contribution in [0, 0.1) is 5.41 Å². The van der Waals surface area contributed by atoms with Gasteiger partial charge < -0.3 is 10.4 Å². The lowest BCUT2D eigenvalue weighted by Crippen LogP contribution is -2.35. The number of aromatic nitrogens is 1. The van der Waals surface area contributed by atoms with Crippen LogP contribution in [0.3, 0.4) is 0 Å². The maximum absolute atomic E-state index is 9.31. The van der Waals surface area contributed by atoms with Gasteiger partial charge in [-0.05, 0) is 29.3 Å². The second-order valence-corrected chi connectivity index (χ2v) is 6.87. The molecule has 5 heteroatoms. The van der Waals surface area contributed by atoms with Crippen molar-refractivity contribution >= 4 is 27.3 Å². The van der Waals surface area contributed by atoms with Crippen molar-refractivity contribution in [3.05, 3.63) is 15.0 Å². The maximum Gasteiger partial charge on any atom is 0.110 e. The standard InChI is InChI=1S/C11H19BrN2OS/c1-4-11(3,7-15)6-14-8(2)10-13-5-9(12)16-10/h5,8,14-15H,4,6-7H2,1-3H3. The van der Waals surface area contributed by atoms with Crippen molar-refractivity contribution < 1.29 is 5.11 Å². The molecule has 0 radical (unpaired) electrons. The van der Waals surface area contributed by atoms with Crippen molar-refractivity contribution in [2.24, 2.45) is 5.41 Å². The molecule has 16 heavy (non-hydrogen) atoms. The molecule has 1 heterocycles. The number of hydrogen-bond donors (Lipinski definition) is 2. The summed E-state index contributed by atoms with van der Waals surface area (Å²) < 4.78 is 1.05. The number of nitrogens with one attached hydrogen (secondary N) is 1. The highest BCUT2D eigenvalue weighted by Gasteiger charge is 2.22. The third kappa shape index (κ3) is 3.80. The van der Waals surface area contributed by atoms with Gasteiger partial charge in [0, 0.05) is 18.6 Å². The summed E-state index contributed by atoms with van der Waals surface area (Å²) in [5, 5.41) is 13.8. The van der Waals surface area contributed by atoms with Crippen molar-refractivity contribution in [2.45, 2.75) is 33.2 Å². The first kappa shape index (κ1) is 14.1. The van der Waals surface area contributed by atoms with Gasteiger partial charge in [-0.1, -0.05) is 13.8 Å². The van der Waals surface area contributed by atoms with Crippen LogP contribution in [0.25, 0.3) is 0 Å². The topological polar surface area (TPSA) is 45.1 Å². The monoisotopic (exact) mass is 306 g/mol. The lowest BCUT2D eigenvalue weighted by Gasteiger charge is -2.27. The molecule has 1 aromatic heterocycles. The summed E-state index contributed by atoms with van der Waals surface area (Å²) in [5.74, 6) is 0. The second-order valence-electron chi connectivity index (χ2n) is 4.43. The van der Waals surface area contributed by atoms with E-state index in [1.165, 1.54) is 0 Å². The second kappa shape index (κ2) is 6.10. The predicted octanol–water partition coefficient (Wildman–Crippen LogP) is 2.96. The summed E-state index contributed by atoms with van der Waals surface area (Å²) in [7, 11) is 0. The number of rotatable bonds is 6. The fourth-order valence-corrected chi connectivity index (χ4v) is 2.52. The summed E-state index contributed by atoms with van der Waals surface area (Å²) in [5.41, 5.74) is -0.0389. The van der Waals surface area contributed by atoms with E-state index in [1.807, 2.05) is 6.20 Å². The number of thiazole rings is 1. The van der Waals surface area contributed by atoms with E-state index < -0.39 is 0 Å². The molecule has 0 saturated heterocycles. The van der Waals surface area contributed by atoms with Crippen LogP contribution in [-0.4, -0.2) is 23.2 Å². The van der Waals surface area contributed by atoms with Gasteiger partial charge in [-0.2, -0.15) is 0 Å². The minimum absolute atomic E-state index is 0.0389. The van der Waals surface area contributed by atoms with E-state index in [2.05, 4.69) is 47.0 Å². The Morgan fingerprint density at radius 1 is 1.69 bits per heavy atom. The summed E-state index contributed by atoms with van der Waals surface area (Å²) in [6.07, 6.45) is 2.79.